The maximum absolute atomic E-state index is 12.2. The molecule has 1 unspecified atom stereocenters. The summed E-state index contributed by atoms with van der Waals surface area (Å²) < 4.78 is 10.9. The second-order valence-corrected chi connectivity index (χ2v) is 6.51. The zero-order valence-electron chi connectivity index (χ0n) is 16.3. The first kappa shape index (κ1) is 23.5. The molecule has 1 atom stereocenters. The van der Waals surface area contributed by atoms with E-state index in [0.717, 1.165) is 32.0 Å². The van der Waals surface area contributed by atoms with E-state index in [1.807, 2.05) is 13.0 Å². The molecule has 0 spiro atoms. The van der Waals surface area contributed by atoms with Gasteiger partial charge in [-0.25, -0.2) is 0 Å². The van der Waals surface area contributed by atoms with Crippen LogP contribution >= 0.6 is 24.0 Å². The number of methoxy groups -OCH3 is 1. The highest BCUT2D eigenvalue weighted by Crippen LogP contribution is 2.24. The highest BCUT2D eigenvalue weighted by molar-refractivity contribution is 14.0. The molecule has 0 aromatic heterocycles. The van der Waals surface area contributed by atoms with Crippen LogP contribution in [0.2, 0.25) is 0 Å². The predicted octanol–water partition coefficient (Wildman–Crippen LogP) is 2.17. The molecule has 27 heavy (non-hydrogen) atoms. The van der Waals surface area contributed by atoms with Crippen LogP contribution in [0.15, 0.2) is 29.3 Å². The van der Waals surface area contributed by atoms with E-state index in [1.165, 1.54) is 0 Å². The van der Waals surface area contributed by atoms with Gasteiger partial charge in [-0.15, -0.1) is 24.0 Å². The lowest BCUT2D eigenvalue weighted by atomic mass is 10.0. The molecule has 7 nitrogen and oxygen atoms in total. The Morgan fingerprint density at radius 1 is 1.30 bits per heavy atom. The minimum atomic E-state index is -0.164. The summed E-state index contributed by atoms with van der Waals surface area (Å²) in [7, 11) is 1.58. The van der Waals surface area contributed by atoms with Crippen molar-refractivity contribution in [2.24, 2.45) is 4.99 Å². The fourth-order valence-electron chi connectivity index (χ4n) is 2.77. The Kier molecular flexibility index (Phi) is 10.5. The predicted molar refractivity (Wildman–Crippen MR) is 118 cm³/mol. The van der Waals surface area contributed by atoms with Crippen molar-refractivity contribution < 1.29 is 14.3 Å². The number of hydrogen-bond acceptors (Lipinski definition) is 4. The Hall–Kier alpha value is -1.55. The van der Waals surface area contributed by atoms with Crippen molar-refractivity contribution >= 4 is 35.8 Å². The number of nitrogens with one attached hydrogen (secondary N) is 3. The Morgan fingerprint density at radius 2 is 2.07 bits per heavy atom. The molecule has 0 radical (unpaired) electrons. The number of nitrogens with zero attached hydrogens (tertiary/aromatic N) is 1. The second kappa shape index (κ2) is 12.0. The Morgan fingerprint density at radius 3 is 2.74 bits per heavy atom. The van der Waals surface area contributed by atoms with Crippen molar-refractivity contribution in [3.63, 3.8) is 0 Å². The Bertz CT molecular complexity index is 619. The molecule has 0 bridgehead atoms. The monoisotopic (exact) mass is 490 g/mol. The number of benzene rings is 1. The quantitative estimate of drug-likeness (QED) is 0.225. The molecule has 1 heterocycles. The third-order valence-corrected chi connectivity index (χ3v) is 4.25. The van der Waals surface area contributed by atoms with Gasteiger partial charge in [0.25, 0.3) is 5.91 Å². The Labute approximate surface area is 178 Å². The minimum Gasteiger partial charge on any atom is -0.497 e. The lowest BCUT2D eigenvalue weighted by molar-refractivity contribution is 0.0283. The van der Waals surface area contributed by atoms with E-state index >= 15 is 0 Å². The van der Waals surface area contributed by atoms with Crippen molar-refractivity contribution in [3.05, 3.63) is 29.8 Å². The summed E-state index contributed by atoms with van der Waals surface area (Å²) in [6.07, 6.45) is 2.12. The van der Waals surface area contributed by atoms with Gasteiger partial charge in [0.1, 0.15) is 5.75 Å². The summed E-state index contributed by atoms with van der Waals surface area (Å²) in [5.74, 6) is 1.28. The van der Waals surface area contributed by atoms with Crippen LogP contribution in [0.25, 0.3) is 0 Å². The van der Waals surface area contributed by atoms with Crippen LogP contribution in [0, 0.1) is 0 Å². The molecule has 1 aromatic rings. The fourth-order valence-corrected chi connectivity index (χ4v) is 2.77. The fraction of sp³-hybridized carbons (Fsp3) is 0.579. The van der Waals surface area contributed by atoms with E-state index in [1.54, 1.807) is 25.3 Å². The van der Waals surface area contributed by atoms with Crippen LogP contribution < -0.4 is 20.7 Å². The van der Waals surface area contributed by atoms with Crippen LogP contribution in [0.4, 0.5) is 0 Å². The van der Waals surface area contributed by atoms with E-state index in [-0.39, 0.29) is 35.5 Å². The smallest absolute Gasteiger partial charge is 0.251 e. The van der Waals surface area contributed by atoms with Gasteiger partial charge in [-0.05, 0) is 44.9 Å². The van der Waals surface area contributed by atoms with Crippen LogP contribution in [0.3, 0.4) is 0 Å². The van der Waals surface area contributed by atoms with Crippen molar-refractivity contribution in [3.8, 4) is 5.75 Å². The molecule has 1 amide bonds. The summed E-state index contributed by atoms with van der Waals surface area (Å²) in [5, 5.41) is 9.34. The van der Waals surface area contributed by atoms with Gasteiger partial charge in [-0.2, -0.15) is 0 Å². The van der Waals surface area contributed by atoms with E-state index in [0.29, 0.717) is 30.9 Å². The molecule has 0 saturated carbocycles. The van der Waals surface area contributed by atoms with E-state index < -0.39 is 0 Å². The van der Waals surface area contributed by atoms with E-state index in [9.17, 15) is 4.79 Å². The number of halogens is 1. The molecule has 1 fully saturated rings. The summed E-state index contributed by atoms with van der Waals surface area (Å²) in [6, 6.07) is 7.09. The van der Waals surface area contributed by atoms with Crippen molar-refractivity contribution in [2.45, 2.75) is 32.3 Å². The molecule has 8 heteroatoms. The maximum Gasteiger partial charge on any atom is 0.251 e. The van der Waals surface area contributed by atoms with Crippen LogP contribution in [0.1, 0.15) is 37.0 Å². The van der Waals surface area contributed by atoms with Crippen LogP contribution in [-0.2, 0) is 4.74 Å². The summed E-state index contributed by atoms with van der Waals surface area (Å²) in [5.41, 5.74) is 0.416. The number of hydrogen-bond donors (Lipinski definition) is 3. The van der Waals surface area contributed by atoms with Gasteiger partial charge >= 0.3 is 0 Å². The summed E-state index contributed by atoms with van der Waals surface area (Å²) in [6.45, 7) is 7.41. The minimum absolute atomic E-state index is 0. The molecule has 1 aliphatic rings. The molecular formula is C19H31IN4O3. The number of carbonyl (C=O) groups excluding carboxylic acids is 1. The molecule has 1 aromatic carbocycles. The largest absolute Gasteiger partial charge is 0.497 e. The molecule has 0 aliphatic carbocycles. The highest BCUT2D eigenvalue weighted by Gasteiger charge is 2.29. The van der Waals surface area contributed by atoms with Crippen LogP contribution in [-0.4, -0.2) is 57.4 Å². The molecule has 1 aliphatic heterocycles. The highest BCUT2D eigenvalue weighted by atomic mass is 127. The average Bonchev–Trinajstić information content (AvgIpc) is 3.09. The van der Waals surface area contributed by atoms with Crippen molar-refractivity contribution in [1.29, 1.82) is 0 Å². The third kappa shape index (κ3) is 7.92. The molecule has 1 saturated heterocycles. The number of aliphatic imine (C=N–C) groups is 1. The van der Waals surface area contributed by atoms with Crippen molar-refractivity contribution in [2.75, 3.05) is 39.9 Å². The van der Waals surface area contributed by atoms with Gasteiger partial charge in [0.15, 0.2) is 5.96 Å². The molecule has 3 N–H and O–H groups in total. The number of guanidine groups is 1. The zero-order valence-corrected chi connectivity index (χ0v) is 18.7. The van der Waals surface area contributed by atoms with Gasteiger partial charge in [0.2, 0.25) is 0 Å². The van der Waals surface area contributed by atoms with Gasteiger partial charge in [-0.1, -0.05) is 6.07 Å². The first-order valence-corrected chi connectivity index (χ1v) is 9.15. The van der Waals surface area contributed by atoms with E-state index in [4.69, 9.17) is 9.47 Å². The van der Waals surface area contributed by atoms with E-state index in [2.05, 4.69) is 27.9 Å². The lowest BCUT2D eigenvalue weighted by Crippen LogP contribution is -2.42. The summed E-state index contributed by atoms with van der Waals surface area (Å²) in [4.78, 5) is 16.8. The van der Waals surface area contributed by atoms with Gasteiger partial charge in [0, 0.05) is 31.8 Å². The number of carbonyl (C=O) groups is 1. The first-order chi connectivity index (χ1) is 12.6. The lowest BCUT2D eigenvalue weighted by Gasteiger charge is -2.21. The third-order valence-electron chi connectivity index (χ3n) is 4.25. The molecule has 152 valence electrons. The normalized spacial score (nSPS) is 19.1. The first-order valence-electron chi connectivity index (χ1n) is 9.15. The Balaban J connectivity index is 0.00000364. The van der Waals surface area contributed by atoms with Gasteiger partial charge in [-0.3, -0.25) is 9.79 Å². The zero-order chi connectivity index (χ0) is 18.8. The van der Waals surface area contributed by atoms with Crippen molar-refractivity contribution in [1.82, 2.24) is 16.0 Å². The van der Waals surface area contributed by atoms with Gasteiger partial charge < -0.3 is 25.4 Å². The summed E-state index contributed by atoms with van der Waals surface area (Å²) >= 11 is 0. The number of amides is 1. The van der Waals surface area contributed by atoms with Crippen LogP contribution in [0.5, 0.6) is 5.75 Å². The number of rotatable bonds is 8. The maximum atomic E-state index is 12.2. The SMILES string of the molecule is CCNC(=NCC1(C)CCCO1)NCCNC(=O)c1cccc(OC)c1.I. The topological polar surface area (TPSA) is 84.0 Å². The number of ether oxygens (including phenoxy) is 2. The van der Waals surface area contributed by atoms with Gasteiger partial charge in [0.05, 0.1) is 19.3 Å². The second-order valence-electron chi connectivity index (χ2n) is 6.51. The molecular weight excluding hydrogens is 459 g/mol. The molecule has 2 rings (SSSR count). The standard InChI is InChI=1S/C19H30N4O3.HI/c1-4-20-18(23-14-19(2)9-6-12-26-19)22-11-10-21-17(24)15-7-5-8-16(13-15)25-3;/h5,7-8,13H,4,6,9-12,14H2,1-3H3,(H,21,24)(H2,20,22,23);1H. The average molecular weight is 490 g/mol.